The van der Waals surface area contributed by atoms with E-state index in [1.807, 2.05) is 12.1 Å². The first-order chi connectivity index (χ1) is 8.40. The number of hydrogen-bond donors (Lipinski definition) is 1. The fourth-order valence-electron chi connectivity index (χ4n) is 1.75. The van der Waals surface area contributed by atoms with Crippen molar-refractivity contribution >= 4 is 6.08 Å². The van der Waals surface area contributed by atoms with Crippen molar-refractivity contribution in [1.29, 1.82) is 0 Å². The molecule has 0 aliphatic carbocycles. The van der Waals surface area contributed by atoms with Gasteiger partial charge in [0.1, 0.15) is 13.2 Å². The number of fused-ring (bicyclic) bond motifs is 1. The number of rotatable bonds is 5. The molecule has 92 valence electrons. The van der Waals surface area contributed by atoms with Crippen LogP contribution in [0.5, 0.6) is 11.5 Å². The van der Waals surface area contributed by atoms with Gasteiger partial charge < -0.3 is 14.8 Å². The molecule has 0 spiro atoms. The minimum Gasteiger partial charge on any atom is -0.486 e. The van der Waals surface area contributed by atoms with E-state index in [4.69, 9.17) is 9.47 Å². The van der Waals surface area contributed by atoms with Gasteiger partial charge in [0, 0.05) is 0 Å². The third-order valence-electron chi connectivity index (χ3n) is 2.61. The molecular formula is C14H19NO2. The fraction of sp³-hybridized carbons (Fsp3) is 0.429. The Balaban J connectivity index is 1.92. The van der Waals surface area contributed by atoms with E-state index < -0.39 is 0 Å². The molecule has 1 aromatic rings. The molecule has 3 heteroatoms. The van der Waals surface area contributed by atoms with Crippen LogP contribution in [-0.2, 0) is 0 Å². The van der Waals surface area contributed by atoms with Gasteiger partial charge in [-0.05, 0) is 37.2 Å². The van der Waals surface area contributed by atoms with Crippen molar-refractivity contribution in [2.45, 2.75) is 13.3 Å². The number of ether oxygens (including phenoxy) is 2. The van der Waals surface area contributed by atoms with Gasteiger partial charge in [-0.25, -0.2) is 0 Å². The highest BCUT2D eigenvalue weighted by Crippen LogP contribution is 2.31. The lowest BCUT2D eigenvalue weighted by Gasteiger charge is -2.18. The molecule has 0 fully saturated rings. The Morgan fingerprint density at radius 1 is 1.24 bits per heavy atom. The average molecular weight is 233 g/mol. The lowest BCUT2D eigenvalue weighted by Crippen LogP contribution is -2.15. The van der Waals surface area contributed by atoms with Gasteiger partial charge in [-0.15, -0.1) is 0 Å². The zero-order valence-corrected chi connectivity index (χ0v) is 10.2. The first-order valence-electron chi connectivity index (χ1n) is 6.17. The lowest BCUT2D eigenvalue weighted by molar-refractivity contribution is 0.171. The molecule has 1 aromatic carbocycles. The summed E-state index contributed by atoms with van der Waals surface area (Å²) < 4.78 is 11.0. The number of benzene rings is 1. The maximum Gasteiger partial charge on any atom is 0.161 e. The van der Waals surface area contributed by atoms with Crippen molar-refractivity contribution < 1.29 is 9.47 Å². The van der Waals surface area contributed by atoms with E-state index in [9.17, 15) is 0 Å². The van der Waals surface area contributed by atoms with Gasteiger partial charge in [0.15, 0.2) is 11.5 Å². The highest BCUT2D eigenvalue weighted by atomic mass is 16.6. The highest BCUT2D eigenvalue weighted by Gasteiger charge is 2.10. The Bertz CT molecular complexity index is 388. The van der Waals surface area contributed by atoms with Crippen LogP contribution in [0.25, 0.3) is 6.08 Å². The zero-order chi connectivity index (χ0) is 11.9. The summed E-state index contributed by atoms with van der Waals surface area (Å²) in [6.45, 7) is 5.45. The molecule has 0 bridgehead atoms. The van der Waals surface area contributed by atoms with Crippen LogP contribution in [0.2, 0.25) is 0 Å². The molecule has 0 aromatic heterocycles. The number of nitrogens with one attached hydrogen (secondary N) is 1. The first-order valence-corrected chi connectivity index (χ1v) is 6.17. The van der Waals surface area contributed by atoms with Crippen molar-refractivity contribution in [3.05, 3.63) is 29.8 Å². The second kappa shape index (κ2) is 6.30. The Labute approximate surface area is 102 Å². The molecule has 1 aliphatic rings. The van der Waals surface area contributed by atoms with Crippen molar-refractivity contribution in [2.24, 2.45) is 0 Å². The second-order valence-electron chi connectivity index (χ2n) is 3.95. The SMILES string of the molecule is CCNCCC=Cc1ccc2c(c1)OCCO2. The second-order valence-corrected chi connectivity index (χ2v) is 3.95. The molecule has 0 unspecified atom stereocenters. The molecule has 17 heavy (non-hydrogen) atoms. The van der Waals surface area contributed by atoms with Crippen LogP contribution in [0.4, 0.5) is 0 Å². The van der Waals surface area contributed by atoms with Crippen LogP contribution in [0.1, 0.15) is 18.9 Å². The Kier molecular flexibility index (Phi) is 4.45. The predicted octanol–water partition coefficient (Wildman–Crippen LogP) is 2.47. The van der Waals surface area contributed by atoms with Crippen molar-refractivity contribution in [1.82, 2.24) is 5.32 Å². The molecule has 0 atom stereocenters. The van der Waals surface area contributed by atoms with E-state index >= 15 is 0 Å². The van der Waals surface area contributed by atoms with Crippen LogP contribution in [-0.4, -0.2) is 26.3 Å². The van der Waals surface area contributed by atoms with Gasteiger partial charge in [0.05, 0.1) is 0 Å². The summed E-state index contributed by atoms with van der Waals surface area (Å²) in [4.78, 5) is 0. The van der Waals surface area contributed by atoms with Crippen LogP contribution in [0, 0.1) is 0 Å². The smallest absolute Gasteiger partial charge is 0.161 e. The Hall–Kier alpha value is -1.48. The third kappa shape index (κ3) is 3.49. The van der Waals surface area contributed by atoms with E-state index in [1.165, 1.54) is 0 Å². The third-order valence-corrected chi connectivity index (χ3v) is 2.61. The standard InChI is InChI=1S/C14H19NO2/c1-2-15-8-4-3-5-12-6-7-13-14(11-12)17-10-9-16-13/h3,5-7,11,15H,2,4,8-10H2,1H3. The van der Waals surface area contributed by atoms with Crippen LogP contribution in [0.15, 0.2) is 24.3 Å². The first kappa shape index (κ1) is 12.0. The van der Waals surface area contributed by atoms with E-state index in [-0.39, 0.29) is 0 Å². The van der Waals surface area contributed by atoms with Gasteiger partial charge in [0.2, 0.25) is 0 Å². The summed E-state index contributed by atoms with van der Waals surface area (Å²) in [7, 11) is 0. The summed E-state index contributed by atoms with van der Waals surface area (Å²) >= 11 is 0. The topological polar surface area (TPSA) is 30.5 Å². The monoisotopic (exact) mass is 233 g/mol. The molecule has 1 aliphatic heterocycles. The predicted molar refractivity (Wildman–Crippen MR) is 69.6 cm³/mol. The fourth-order valence-corrected chi connectivity index (χ4v) is 1.75. The molecule has 2 rings (SSSR count). The van der Waals surface area contributed by atoms with Crippen molar-refractivity contribution in [2.75, 3.05) is 26.3 Å². The molecular weight excluding hydrogens is 214 g/mol. The minimum atomic E-state index is 0.639. The van der Waals surface area contributed by atoms with Crippen LogP contribution >= 0.6 is 0 Å². The summed E-state index contributed by atoms with van der Waals surface area (Å²) in [5, 5.41) is 3.29. The molecule has 0 saturated heterocycles. The average Bonchev–Trinajstić information content (AvgIpc) is 2.38. The normalized spacial score (nSPS) is 14.2. The van der Waals surface area contributed by atoms with Crippen LogP contribution < -0.4 is 14.8 Å². The van der Waals surface area contributed by atoms with Gasteiger partial charge in [-0.3, -0.25) is 0 Å². The lowest BCUT2D eigenvalue weighted by atomic mass is 10.1. The van der Waals surface area contributed by atoms with E-state index in [0.29, 0.717) is 13.2 Å². The molecule has 0 radical (unpaired) electrons. The quantitative estimate of drug-likeness (QED) is 0.792. The highest BCUT2D eigenvalue weighted by molar-refractivity contribution is 5.56. The maximum absolute atomic E-state index is 5.54. The van der Waals surface area contributed by atoms with Gasteiger partial charge in [-0.1, -0.05) is 25.1 Å². The summed E-state index contributed by atoms with van der Waals surface area (Å²) in [6.07, 6.45) is 5.34. The maximum atomic E-state index is 5.54. The van der Waals surface area contributed by atoms with Gasteiger partial charge in [-0.2, -0.15) is 0 Å². The Morgan fingerprint density at radius 3 is 2.88 bits per heavy atom. The van der Waals surface area contributed by atoms with Crippen LogP contribution in [0.3, 0.4) is 0 Å². The minimum absolute atomic E-state index is 0.639. The number of hydrogen-bond acceptors (Lipinski definition) is 3. The van der Waals surface area contributed by atoms with E-state index in [0.717, 1.165) is 36.6 Å². The molecule has 3 nitrogen and oxygen atoms in total. The zero-order valence-electron chi connectivity index (χ0n) is 10.2. The van der Waals surface area contributed by atoms with Crippen molar-refractivity contribution in [3.63, 3.8) is 0 Å². The summed E-state index contributed by atoms with van der Waals surface area (Å²) in [6, 6.07) is 6.05. The van der Waals surface area contributed by atoms with Gasteiger partial charge >= 0.3 is 0 Å². The largest absolute Gasteiger partial charge is 0.486 e. The molecule has 0 amide bonds. The Morgan fingerprint density at radius 2 is 2.06 bits per heavy atom. The molecule has 1 heterocycles. The van der Waals surface area contributed by atoms with Crippen molar-refractivity contribution in [3.8, 4) is 11.5 Å². The van der Waals surface area contributed by atoms with Gasteiger partial charge in [0.25, 0.3) is 0 Å². The summed E-state index contributed by atoms with van der Waals surface area (Å²) in [5.41, 5.74) is 1.16. The van der Waals surface area contributed by atoms with E-state index in [2.05, 4.69) is 30.5 Å². The molecule has 0 saturated carbocycles. The van der Waals surface area contributed by atoms with E-state index in [1.54, 1.807) is 0 Å². The molecule has 1 N–H and O–H groups in total. The summed E-state index contributed by atoms with van der Waals surface area (Å²) in [5.74, 6) is 1.70.